The van der Waals surface area contributed by atoms with Gasteiger partial charge in [0.2, 0.25) is 5.95 Å². The monoisotopic (exact) mass is 347 g/mol. The highest BCUT2D eigenvalue weighted by Gasteiger charge is 2.34. The van der Waals surface area contributed by atoms with Crippen LogP contribution in [-0.4, -0.2) is 34.2 Å². The summed E-state index contributed by atoms with van der Waals surface area (Å²) >= 11 is 5.05. The number of rotatable bonds is 3. The van der Waals surface area contributed by atoms with Crippen molar-refractivity contribution in [2.45, 2.75) is 45.3 Å². The Bertz CT molecular complexity index is 556. The van der Waals surface area contributed by atoms with Crippen molar-refractivity contribution in [2.75, 3.05) is 23.3 Å². The van der Waals surface area contributed by atoms with Gasteiger partial charge in [0.15, 0.2) is 10.8 Å². The van der Waals surface area contributed by atoms with E-state index in [1.54, 1.807) is 0 Å². The second-order valence-electron chi connectivity index (χ2n) is 5.73. The van der Waals surface area contributed by atoms with Crippen molar-refractivity contribution in [3.63, 3.8) is 0 Å². The molecule has 0 spiro atoms. The predicted molar refractivity (Wildman–Crippen MR) is 87.6 cm³/mol. The van der Waals surface area contributed by atoms with Gasteiger partial charge >= 0.3 is 6.18 Å². The van der Waals surface area contributed by atoms with Gasteiger partial charge in [0.25, 0.3) is 0 Å². The summed E-state index contributed by atoms with van der Waals surface area (Å²) < 4.78 is 39.2. The Morgan fingerprint density at radius 2 is 1.87 bits per heavy atom. The molecule has 1 aliphatic heterocycles. The van der Waals surface area contributed by atoms with E-state index in [2.05, 4.69) is 20.6 Å². The van der Waals surface area contributed by atoms with Crippen LogP contribution in [0, 0.1) is 0 Å². The number of hydrogen-bond donors (Lipinski definition) is 2. The molecule has 1 fully saturated rings. The first-order valence-corrected chi connectivity index (χ1v) is 7.95. The third kappa shape index (κ3) is 5.19. The molecule has 0 bridgehead atoms. The van der Waals surface area contributed by atoms with Gasteiger partial charge < -0.3 is 15.5 Å². The standard InChI is InChI=1S/C14H20F3N5S/c1-9(2)18-13(23)21-12-19-10(14(15,16)17)8-11(20-12)22-6-4-3-5-7-22/h8-9H,3-7H2,1-2H3,(H2,18,19,20,21,23). The summed E-state index contributed by atoms with van der Waals surface area (Å²) in [5.41, 5.74) is -0.970. The zero-order chi connectivity index (χ0) is 17.0. The Hall–Kier alpha value is -1.64. The largest absolute Gasteiger partial charge is 0.433 e. The summed E-state index contributed by atoms with van der Waals surface area (Å²) in [5.74, 6) is 0.139. The van der Waals surface area contributed by atoms with Gasteiger partial charge in [-0.3, -0.25) is 0 Å². The van der Waals surface area contributed by atoms with Crippen molar-refractivity contribution in [3.05, 3.63) is 11.8 Å². The lowest BCUT2D eigenvalue weighted by atomic mass is 10.1. The molecule has 1 aliphatic rings. The lowest BCUT2D eigenvalue weighted by Gasteiger charge is -2.28. The zero-order valence-electron chi connectivity index (χ0n) is 13.1. The minimum atomic E-state index is -4.53. The Morgan fingerprint density at radius 1 is 1.22 bits per heavy atom. The number of anilines is 2. The van der Waals surface area contributed by atoms with Gasteiger partial charge in [-0.15, -0.1) is 0 Å². The van der Waals surface area contributed by atoms with Crippen LogP contribution in [0.4, 0.5) is 24.9 Å². The number of halogens is 3. The normalized spacial score (nSPS) is 15.7. The number of hydrogen-bond acceptors (Lipinski definition) is 4. The van der Waals surface area contributed by atoms with E-state index in [-0.39, 0.29) is 22.9 Å². The third-order valence-electron chi connectivity index (χ3n) is 3.33. The molecule has 1 aromatic rings. The number of nitrogens with one attached hydrogen (secondary N) is 2. The number of alkyl halides is 3. The lowest BCUT2D eigenvalue weighted by molar-refractivity contribution is -0.141. The van der Waals surface area contributed by atoms with Crippen LogP contribution in [0.1, 0.15) is 38.8 Å². The summed E-state index contributed by atoms with van der Waals surface area (Å²) in [7, 11) is 0. The number of thiocarbonyl (C=S) groups is 1. The van der Waals surface area contributed by atoms with Gasteiger partial charge in [-0.2, -0.15) is 18.2 Å². The first-order valence-electron chi connectivity index (χ1n) is 7.54. The van der Waals surface area contributed by atoms with E-state index >= 15 is 0 Å². The quantitative estimate of drug-likeness (QED) is 0.819. The van der Waals surface area contributed by atoms with E-state index in [0.29, 0.717) is 13.1 Å². The van der Waals surface area contributed by atoms with Crippen molar-refractivity contribution < 1.29 is 13.2 Å². The van der Waals surface area contributed by atoms with E-state index in [1.807, 2.05) is 18.7 Å². The number of aromatic nitrogens is 2. The van der Waals surface area contributed by atoms with Crippen LogP contribution < -0.4 is 15.5 Å². The molecule has 2 N–H and O–H groups in total. The van der Waals surface area contributed by atoms with Crippen molar-refractivity contribution >= 4 is 29.1 Å². The molecular formula is C14H20F3N5S. The second kappa shape index (κ2) is 7.29. The Labute approximate surface area is 138 Å². The van der Waals surface area contributed by atoms with Gasteiger partial charge in [0.05, 0.1) is 0 Å². The van der Waals surface area contributed by atoms with E-state index in [4.69, 9.17) is 12.2 Å². The van der Waals surface area contributed by atoms with Crippen LogP contribution in [0.5, 0.6) is 0 Å². The van der Waals surface area contributed by atoms with Crippen molar-refractivity contribution in [1.29, 1.82) is 0 Å². The molecule has 0 saturated carbocycles. The summed E-state index contributed by atoms with van der Waals surface area (Å²) in [6.07, 6.45) is -1.55. The summed E-state index contributed by atoms with van der Waals surface area (Å²) in [5, 5.41) is 5.73. The first-order chi connectivity index (χ1) is 10.8. The lowest BCUT2D eigenvalue weighted by Crippen LogP contribution is -2.35. The molecule has 9 heteroatoms. The third-order valence-corrected chi connectivity index (χ3v) is 3.55. The molecule has 2 rings (SSSR count). The molecule has 0 aromatic carbocycles. The number of nitrogens with zero attached hydrogens (tertiary/aromatic N) is 3. The Kier molecular flexibility index (Phi) is 5.61. The molecule has 1 aromatic heterocycles. The SMILES string of the molecule is CC(C)NC(=S)Nc1nc(N2CCCCC2)cc(C(F)(F)F)n1. The summed E-state index contributed by atoms with van der Waals surface area (Å²) in [4.78, 5) is 9.59. The molecule has 0 radical (unpaired) electrons. The van der Waals surface area contributed by atoms with Crippen molar-refractivity contribution in [2.24, 2.45) is 0 Å². The van der Waals surface area contributed by atoms with Crippen molar-refractivity contribution in [1.82, 2.24) is 15.3 Å². The Balaban J connectivity index is 2.27. The van der Waals surface area contributed by atoms with Gasteiger partial charge in [-0.05, 0) is 45.3 Å². The topological polar surface area (TPSA) is 53.1 Å². The molecule has 0 unspecified atom stereocenters. The molecule has 1 saturated heterocycles. The number of piperidine rings is 1. The van der Waals surface area contributed by atoms with Crippen LogP contribution in [0.15, 0.2) is 6.07 Å². The van der Waals surface area contributed by atoms with Crippen molar-refractivity contribution in [3.8, 4) is 0 Å². The van der Waals surface area contributed by atoms with E-state index < -0.39 is 11.9 Å². The molecule has 2 heterocycles. The second-order valence-corrected chi connectivity index (χ2v) is 6.14. The summed E-state index contributed by atoms with van der Waals surface area (Å²) in [6.45, 7) is 5.14. The highest BCUT2D eigenvalue weighted by atomic mass is 32.1. The van der Waals surface area contributed by atoms with Gasteiger partial charge in [-0.1, -0.05) is 0 Å². The maximum atomic E-state index is 13.1. The van der Waals surface area contributed by atoms with Crippen LogP contribution in [0.3, 0.4) is 0 Å². The highest BCUT2D eigenvalue weighted by molar-refractivity contribution is 7.80. The van der Waals surface area contributed by atoms with Crippen LogP contribution in [0.2, 0.25) is 0 Å². The first kappa shape index (κ1) is 17.7. The molecule has 0 amide bonds. The fourth-order valence-corrected chi connectivity index (χ4v) is 2.65. The highest BCUT2D eigenvalue weighted by Crippen LogP contribution is 2.31. The average molecular weight is 347 g/mol. The van der Waals surface area contributed by atoms with E-state index in [1.165, 1.54) is 0 Å². The molecule has 0 atom stereocenters. The maximum absolute atomic E-state index is 13.1. The fourth-order valence-electron chi connectivity index (χ4n) is 2.32. The van der Waals surface area contributed by atoms with E-state index in [0.717, 1.165) is 25.3 Å². The van der Waals surface area contributed by atoms with Crippen LogP contribution >= 0.6 is 12.2 Å². The minimum absolute atomic E-state index is 0.0577. The van der Waals surface area contributed by atoms with E-state index in [9.17, 15) is 13.2 Å². The molecule has 5 nitrogen and oxygen atoms in total. The maximum Gasteiger partial charge on any atom is 0.433 e. The Morgan fingerprint density at radius 3 is 2.43 bits per heavy atom. The predicted octanol–water partition coefficient (Wildman–Crippen LogP) is 3.18. The molecule has 128 valence electrons. The van der Waals surface area contributed by atoms with Gasteiger partial charge in [-0.25, -0.2) is 4.98 Å². The fraction of sp³-hybridized carbons (Fsp3) is 0.643. The average Bonchev–Trinajstić information content (AvgIpc) is 2.46. The molecule has 23 heavy (non-hydrogen) atoms. The molecule has 0 aliphatic carbocycles. The summed E-state index contributed by atoms with van der Waals surface area (Å²) in [6, 6.07) is 1.05. The molecular weight excluding hydrogens is 327 g/mol. The van der Waals surface area contributed by atoms with Crippen LogP contribution in [-0.2, 0) is 6.18 Å². The smallest absolute Gasteiger partial charge is 0.360 e. The zero-order valence-corrected chi connectivity index (χ0v) is 13.9. The minimum Gasteiger partial charge on any atom is -0.360 e. The van der Waals surface area contributed by atoms with Gasteiger partial charge in [0.1, 0.15) is 5.82 Å². The van der Waals surface area contributed by atoms with Crippen LogP contribution in [0.25, 0.3) is 0 Å². The van der Waals surface area contributed by atoms with Gasteiger partial charge in [0, 0.05) is 25.2 Å².